The Morgan fingerprint density at radius 2 is 2.00 bits per heavy atom. The molecule has 0 spiro atoms. The third kappa shape index (κ3) is 5.62. The molecule has 1 aliphatic carbocycles. The maximum Gasteiger partial charge on any atom is 0.253 e. The molecule has 1 N–H and O–H groups in total. The van der Waals surface area contributed by atoms with Gasteiger partial charge in [0.1, 0.15) is 23.0 Å². The lowest BCUT2D eigenvalue weighted by atomic mass is 10.2. The van der Waals surface area contributed by atoms with Gasteiger partial charge < -0.3 is 14.4 Å². The molecule has 0 bridgehead atoms. The standard InChI is InChI=1S/C20H23ClN2O5S/c1-23(10-11-28-17-5-3-4-15(21)13-17)20(24)14-6-9-18(27-2)19(12-14)29(25,26)22-16-7-8-16/h3-6,9,12-13,16,22H,7-8,10-11H2,1-2H3. The molecule has 1 amide bonds. The number of carbonyl (C=O) groups is 1. The van der Waals surface area contributed by atoms with E-state index in [0.717, 1.165) is 12.8 Å². The number of carbonyl (C=O) groups excluding carboxylic acids is 1. The predicted molar refractivity (Wildman–Crippen MR) is 110 cm³/mol. The highest BCUT2D eigenvalue weighted by Crippen LogP contribution is 2.28. The van der Waals surface area contributed by atoms with E-state index in [0.29, 0.717) is 17.3 Å². The summed E-state index contributed by atoms with van der Waals surface area (Å²) in [4.78, 5) is 14.2. The van der Waals surface area contributed by atoms with E-state index in [9.17, 15) is 13.2 Å². The number of hydrogen-bond donors (Lipinski definition) is 1. The monoisotopic (exact) mass is 438 g/mol. The average Bonchev–Trinajstić information content (AvgIpc) is 3.50. The lowest BCUT2D eigenvalue weighted by molar-refractivity contribution is 0.0773. The Hall–Kier alpha value is -2.29. The van der Waals surface area contributed by atoms with Crippen molar-refractivity contribution in [2.24, 2.45) is 0 Å². The van der Waals surface area contributed by atoms with E-state index in [1.165, 1.54) is 24.1 Å². The van der Waals surface area contributed by atoms with E-state index in [1.54, 1.807) is 37.4 Å². The van der Waals surface area contributed by atoms with Crippen LogP contribution in [0.15, 0.2) is 47.4 Å². The summed E-state index contributed by atoms with van der Waals surface area (Å²) in [6.45, 7) is 0.590. The highest BCUT2D eigenvalue weighted by molar-refractivity contribution is 7.89. The molecular formula is C20H23ClN2O5S. The second kappa shape index (κ2) is 9.02. The van der Waals surface area contributed by atoms with Crippen molar-refractivity contribution in [2.45, 2.75) is 23.8 Å². The van der Waals surface area contributed by atoms with Crippen LogP contribution < -0.4 is 14.2 Å². The molecule has 156 valence electrons. The van der Waals surface area contributed by atoms with Crippen molar-refractivity contribution in [3.8, 4) is 11.5 Å². The Morgan fingerprint density at radius 1 is 1.24 bits per heavy atom. The van der Waals surface area contributed by atoms with E-state index in [4.69, 9.17) is 21.1 Å². The number of methoxy groups -OCH3 is 1. The second-order valence-electron chi connectivity index (χ2n) is 6.79. The first-order valence-electron chi connectivity index (χ1n) is 9.14. The molecule has 2 aromatic rings. The van der Waals surface area contributed by atoms with Crippen LogP contribution in [0.5, 0.6) is 11.5 Å². The normalized spacial score (nSPS) is 13.8. The Bertz CT molecular complexity index is 992. The van der Waals surface area contributed by atoms with Gasteiger partial charge in [-0.1, -0.05) is 17.7 Å². The van der Waals surface area contributed by atoms with Crippen LogP contribution in [0.3, 0.4) is 0 Å². The van der Waals surface area contributed by atoms with Crippen molar-refractivity contribution in [1.82, 2.24) is 9.62 Å². The van der Waals surface area contributed by atoms with Gasteiger partial charge in [0.15, 0.2) is 0 Å². The fourth-order valence-electron chi connectivity index (χ4n) is 2.68. The number of sulfonamides is 1. The van der Waals surface area contributed by atoms with Crippen LogP contribution in [0, 0.1) is 0 Å². The number of ether oxygens (including phenoxy) is 2. The van der Waals surface area contributed by atoms with Gasteiger partial charge in [0, 0.05) is 23.7 Å². The van der Waals surface area contributed by atoms with Gasteiger partial charge in [0.05, 0.1) is 13.7 Å². The third-order valence-electron chi connectivity index (χ3n) is 4.44. The predicted octanol–water partition coefficient (Wildman–Crippen LogP) is 2.94. The number of halogens is 1. The Morgan fingerprint density at radius 3 is 2.66 bits per heavy atom. The Balaban J connectivity index is 1.68. The van der Waals surface area contributed by atoms with Gasteiger partial charge >= 0.3 is 0 Å². The van der Waals surface area contributed by atoms with E-state index in [2.05, 4.69) is 4.72 Å². The molecule has 0 aliphatic heterocycles. The van der Waals surface area contributed by atoms with Crippen LogP contribution in [0.25, 0.3) is 0 Å². The van der Waals surface area contributed by atoms with E-state index in [-0.39, 0.29) is 34.8 Å². The quantitative estimate of drug-likeness (QED) is 0.650. The number of rotatable bonds is 9. The molecule has 0 aromatic heterocycles. The van der Waals surface area contributed by atoms with Crippen LogP contribution in [0.4, 0.5) is 0 Å². The second-order valence-corrected chi connectivity index (χ2v) is 8.91. The number of benzene rings is 2. The molecule has 29 heavy (non-hydrogen) atoms. The molecule has 7 nitrogen and oxygen atoms in total. The summed E-state index contributed by atoms with van der Waals surface area (Å²) in [5.74, 6) is 0.495. The summed E-state index contributed by atoms with van der Waals surface area (Å²) in [7, 11) is -0.737. The van der Waals surface area contributed by atoms with Crippen molar-refractivity contribution < 1.29 is 22.7 Å². The summed E-state index contributed by atoms with van der Waals surface area (Å²) in [5, 5.41) is 0.568. The van der Waals surface area contributed by atoms with E-state index < -0.39 is 10.0 Å². The van der Waals surface area contributed by atoms with Crippen LogP contribution >= 0.6 is 11.6 Å². The number of amides is 1. The largest absolute Gasteiger partial charge is 0.495 e. The van der Waals surface area contributed by atoms with Crippen molar-refractivity contribution in [3.05, 3.63) is 53.1 Å². The zero-order valence-electron chi connectivity index (χ0n) is 16.2. The molecule has 0 unspecified atom stereocenters. The molecule has 0 radical (unpaired) electrons. The third-order valence-corrected chi connectivity index (χ3v) is 6.21. The zero-order chi connectivity index (χ0) is 21.0. The molecule has 0 atom stereocenters. The maximum atomic E-state index is 12.7. The number of likely N-dealkylation sites (N-methyl/N-ethyl adjacent to an activating group) is 1. The molecular weight excluding hydrogens is 416 g/mol. The number of nitrogens with zero attached hydrogens (tertiary/aromatic N) is 1. The minimum atomic E-state index is -3.76. The lowest BCUT2D eigenvalue weighted by Crippen LogP contribution is -2.31. The van der Waals surface area contributed by atoms with Crippen LogP contribution in [-0.4, -0.2) is 52.6 Å². The lowest BCUT2D eigenvalue weighted by Gasteiger charge is -2.19. The summed E-state index contributed by atoms with van der Waals surface area (Å²) in [5.41, 5.74) is 0.257. The highest BCUT2D eigenvalue weighted by atomic mass is 35.5. The van der Waals surface area contributed by atoms with E-state index >= 15 is 0 Å². The van der Waals surface area contributed by atoms with Gasteiger partial charge in [-0.3, -0.25) is 4.79 Å². The number of hydrogen-bond acceptors (Lipinski definition) is 5. The average molecular weight is 439 g/mol. The van der Waals surface area contributed by atoms with Crippen molar-refractivity contribution in [3.63, 3.8) is 0 Å². The van der Waals surface area contributed by atoms with Crippen molar-refractivity contribution >= 4 is 27.5 Å². The summed E-state index contributed by atoms with van der Waals surface area (Å²) in [6.07, 6.45) is 1.63. The van der Waals surface area contributed by atoms with Gasteiger partial charge in [-0.25, -0.2) is 13.1 Å². The highest BCUT2D eigenvalue weighted by Gasteiger charge is 2.30. The molecule has 1 saturated carbocycles. The zero-order valence-corrected chi connectivity index (χ0v) is 17.8. The maximum absolute atomic E-state index is 12.7. The fraction of sp³-hybridized carbons (Fsp3) is 0.350. The SMILES string of the molecule is COc1ccc(C(=O)N(C)CCOc2cccc(Cl)c2)cc1S(=O)(=O)NC1CC1. The molecule has 2 aromatic carbocycles. The molecule has 0 heterocycles. The fourth-order valence-corrected chi connectivity index (χ4v) is 4.36. The molecule has 0 saturated heterocycles. The minimum absolute atomic E-state index is 0.0404. The molecule has 3 rings (SSSR count). The van der Waals surface area contributed by atoms with Gasteiger partial charge in [-0.2, -0.15) is 0 Å². The first-order valence-corrected chi connectivity index (χ1v) is 11.0. The smallest absolute Gasteiger partial charge is 0.253 e. The molecule has 1 aliphatic rings. The Labute approximate surface area is 175 Å². The minimum Gasteiger partial charge on any atom is -0.495 e. The van der Waals surface area contributed by atoms with Crippen LogP contribution in [-0.2, 0) is 10.0 Å². The Kier molecular flexibility index (Phi) is 6.66. The number of nitrogens with one attached hydrogen (secondary N) is 1. The summed E-state index contributed by atoms with van der Waals surface area (Å²) >= 11 is 5.92. The van der Waals surface area contributed by atoms with Gasteiger partial charge in [-0.15, -0.1) is 0 Å². The topological polar surface area (TPSA) is 84.9 Å². The van der Waals surface area contributed by atoms with Crippen LogP contribution in [0.1, 0.15) is 23.2 Å². The summed E-state index contributed by atoms with van der Waals surface area (Å²) in [6, 6.07) is 11.3. The van der Waals surface area contributed by atoms with E-state index in [1.807, 2.05) is 0 Å². The first-order chi connectivity index (χ1) is 13.8. The van der Waals surface area contributed by atoms with Crippen molar-refractivity contribution in [1.29, 1.82) is 0 Å². The summed E-state index contributed by atoms with van der Waals surface area (Å²) < 4.78 is 38.6. The molecule has 1 fully saturated rings. The van der Waals surface area contributed by atoms with Crippen LogP contribution in [0.2, 0.25) is 5.02 Å². The van der Waals surface area contributed by atoms with Gasteiger partial charge in [0.2, 0.25) is 10.0 Å². The van der Waals surface area contributed by atoms with Gasteiger partial charge in [0.25, 0.3) is 5.91 Å². The molecule has 9 heteroatoms. The first kappa shape index (κ1) is 21.4. The van der Waals surface area contributed by atoms with Crippen molar-refractivity contribution in [2.75, 3.05) is 27.3 Å². The van der Waals surface area contributed by atoms with Gasteiger partial charge in [-0.05, 0) is 49.2 Å².